The highest BCUT2D eigenvalue weighted by Gasteiger charge is 1.97. The highest BCUT2D eigenvalue weighted by molar-refractivity contribution is 9.10. The Balaban J connectivity index is 0.000000200. The van der Waals surface area contributed by atoms with Crippen molar-refractivity contribution in [3.8, 4) is 11.8 Å². The van der Waals surface area contributed by atoms with Crippen molar-refractivity contribution < 1.29 is 9.47 Å². The Morgan fingerprint density at radius 3 is 1.40 bits per heavy atom. The van der Waals surface area contributed by atoms with E-state index in [0.29, 0.717) is 22.1 Å². The van der Waals surface area contributed by atoms with Crippen molar-refractivity contribution in [2.45, 2.75) is 0 Å². The van der Waals surface area contributed by atoms with Crippen molar-refractivity contribution in [2.24, 2.45) is 0 Å². The monoisotopic (exact) mass is 442 g/mol. The molecule has 0 aliphatic heterocycles. The summed E-state index contributed by atoms with van der Waals surface area (Å²) >= 11 is 17.7. The second kappa shape index (κ2) is 8.67. The highest BCUT2D eigenvalue weighted by Crippen LogP contribution is 2.20. The van der Waals surface area contributed by atoms with E-state index in [0.717, 1.165) is 8.95 Å². The van der Waals surface area contributed by atoms with Crippen molar-refractivity contribution in [2.75, 3.05) is 14.2 Å². The Kier molecular flexibility index (Phi) is 7.58. The number of methoxy groups -OCH3 is 2. The Labute approximate surface area is 143 Å². The van der Waals surface area contributed by atoms with Gasteiger partial charge in [0.1, 0.15) is 10.3 Å². The van der Waals surface area contributed by atoms with Gasteiger partial charge in [-0.05, 0) is 12.1 Å². The molecule has 0 bridgehead atoms. The number of halogens is 4. The summed E-state index contributed by atoms with van der Waals surface area (Å²) in [4.78, 5) is 7.73. The summed E-state index contributed by atoms with van der Waals surface area (Å²) in [7, 11) is 3.09. The Bertz CT molecular complexity index is 493. The molecule has 0 aromatic carbocycles. The van der Waals surface area contributed by atoms with Crippen LogP contribution in [0, 0.1) is 0 Å². The second-order valence-corrected chi connectivity index (χ2v) is 5.91. The van der Waals surface area contributed by atoms with Crippen molar-refractivity contribution >= 4 is 55.1 Å². The molecule has 2 rings (SSSR count). The summed E-state index contributed by atoms with van der Waals surface area (Å²) in [6, 6.07) is 6.88. The lowest BCUT2D eigenvalue weighted by Crippen LogP contribution is -1.86. The van der Waals surface area contributed by atoms with Gasteiger partial charge >= 0.3 is 0 Å². The van der Waals surface area contributed by atoms with E-state index in [1.165, 1.54) is 0 Å². The second-order valence-electron chi connectivity index (χ2n) is 3.30. The van der Waals surface area contributed by atoms with Gasteiger partial charge < -0.3 is 9.47 Å². The number of hydrogen-bond donors (Lipinski definition) is 0. The third kappa shape index (κ3) is 6.26. The maximum absolute atomic E-state index is 5.61. The van der Waals surface area contributed by atoms with Crippen LogP contribution in [0.4, 0.5) is 0 Å². The van der Waals surface area contributed by atoms with E-state index in [1.807, 2.05) is 0 Å². The van der Waals surface area contributed by atoms with Gasteiger partial charge in [-0.3, -0.25) is 0 Å². The van der Waals surface area contributed by atoms with Crippen LogP contribution >= 0.6 is 55.1 Å². The molecule has 0 saturated carbocycles. The maximum atomic E-state index is 5.61. The number of ether oxygens (including phenoxy) is 2. The molecule has 4 nitrogen and oxygen atoms in total. The van der Waals surface area contributed by atoms with Gasteiger partial charge in [-0.1, -0.05) is 55.1 Å². The lowest BCUT2D eigenvalue weighted by molar-refractivity contribution is 0.397. The van der Waals surface area contributed by atoms with E-state index in [2.05, 4.69) is 41.8 Å². The highest BCUT2D eigenvalue weighted by atomic mass is 79.9. The summed E-state index contributed by atoms with van der Waals surface area (Å²) in [6.07, 6.45) is 0. The van der Waals surface area contributed by atoms with Crippen LogP contribution in [0.5, 0.6) is 11.8 Å². The van der Waals surface area contributed by atoms with E-state index < -0.39 is 0 Å². The van der Waals surface area contributed by atoms with Gasteiger partial charge in [0.25, 0.3) is 0 Å². The summed E-state index contributed by atoms with van der Waals surface area (Å²) in [6.45, 7) is 0. The average molecular weight is 445 g/mol. The minimum absolute atomic E-state index is 0.422. The molecule has 0 N–H and O–H groups in total. The quantitative estimate of drug-likeness (QED) is 0.610. The fourth-order valence-electron chi connectivity index (χ4n) is 1.10. The van der Waals surface area contributed by atoms with E-state index in [-0.39, 0.29) is 0 Å². The van der Waals surface area contributed by atoms with Gasteiger partial charge in [0, 0.05) is 21.1 Å². The van der Waals surface area contributed by atoms with Gasteiger partial charge in [0.2, 0.25) is 11.8 Å². The van der Waals surface area contributed by atoms with Crippen LogP contribution < -0.4 is 9.47 Å². The lowest BCUT2D eigenvalue weighted by Gasteiger charge is -1.98. The molecule has 108 valence electrons. The van der Waals surface area contributed by atoms with Crippen molar-refractivity contribution in [3.63, 3.8) is 0 Å². The number of pyridine rings is 2. The van der Waals surface area contributed by atoms with Crippen LogP contribution in [0.25, 0.3) is 0 Å². The molecular weight excluding hydrogens is 435 g/mol. The zero-order valence-electron chi connectivity index (χ0n) is 10.5. The van der Waals surface area contributed by atoms with Crippen LogP contribution in [0.2, 0.25) is 10.3 Å². The van der Waals surface area contributed by atoms with Crippen molar-refractivity contribution in [1.82, 2.24) is 9.97 Å². The molecule has 0 amide bonds. The largest absolute Gasteiger partial charge is 0.481 e. The summed E-state index contributed by atoms with van der Waals surface area (Å²) in [5.41, 5.74) is 0. The van der Waals surface area contributed by atoms with Crippen molar-refractivity contribution in [3.05, 3.63) is 43.5 Å². The third-order valence-corrected chi connectivity index (χ3v) is 3.19. The van der Waals surface area contributed by atoms with Crippen molar-refractivity contribution in [1.29, 1.82) is 0 Å². The number of nitrogens with zero attached hydrogens (tertiary/aromatic N) is 2. The lowest BCUT2D eigenvalue weighted by atomic mass is 10.5. The fourth-order valence-corrected chi connectivity index (χ4v) is 2.59. The van der Waals surface area contributed by atoms with E-state index in [1.54, 1.807) is 38.5 Å². The van der Waals surface area contributed by atoms with Gasteiger partial charge in [-0.15, -0.1) is 0 Å². The molecule has 8 heteroatoms. The van der Waals surface area contributed by atoms with Crippen LogP contribution in [-0.2, 0) is 0 Å². The first-order valence-corrected chi connectivity index (χ1v) is 7.53. The molecule has 2 aromatic heterocycles. The normalized spacial score (nSPS) is 9.50. The molecule has 0 unspecified atom stereocenters. The van der Waals surface area contributed by atoms with E-state index in [4.69, 9.17) is 32.7 Å². The van der Waals surface area contributed by atoms with Gasteiger partial charge in [0.15, 0.2) is 0 Å². The number of rotatable bonds is 2. The maximum Gasteiger partial charge on any atom is 0.215 e. The molecule has 20 heavy (non-hydrogen) atoms. The third-order valence-electron chi connectivity index (χ3n) is 1.89. The predicted octanol–water partition coefficient (Wildman–Crippen LogP) is 5.01. The zero-order valence-corrected chi connectivity index (χ0v) is 15.2. The first-order valence-electron chi connectivity index (χ1n) is 5.18. The summed E-state index contributed by atoms with van der Waals surface area (Å²) in [5.74, 6) is 1.03. The topological polar surface area (TPSA) is 44.2 Å². The minimum Gasteiger partial charge on any atom is -0.481 e. The van der Waals surface area contributed by atoms with E-state index in [9.17, 15) is 0 Å². The van der Waals surface area contributed by atoms with Gasteiger partial charge in [0.05, 0.1) is 14.2 Å². The SMILES string of the molecule is COc1cc(Br)cc(Cl)n1.COc1cc(Br)cc(Cl)n1. The molecule has 0 radical (unpaired) electrons. The van der Waals surface area contributed by atoms with Crippen LogP contribution in [0.15, 0.2) is 33.2 Å². The summed E-state index contributed by atoms with van der Waals surface area (Å²) in [5, 5.41) is 0.845. The van der Waals surface area contributed by atoms with Gasteiger partial charge in [-0.25, -0.2) is 9.97 Å². The first kappa shape index (κ1) is 17.5. The summed E-state index contributed by atoms with van der Waals surface area (Å²) < 4.78 is 11.4. The van der Waals surface area contributed by atoms with E-state index >= 15 is 0 Å². The Morgan fingerprint density at radius 2 is 1.15 bits per heavy atom. The predicted molar refractivity (Wildman–Crippen MR) is 87.0 cm³/mol. The Morgan fingerprint density at radius 1 is 0.800 bits per heavy atom. The molecule has 2 aromatic rings. The number of hydrogen-bond acceptors (Lipinski definition) is 4. The Hall–Kier alpha value is -0.560. The molecule has 0 spiro atoms. The van der Waals surface area contributed by atoms with Gasteiger partial charge in [-0.2, -0.15) is 0 Å². The molecule has 2 heterocycles. The molecule has 0 aliphatic carbocycles. The smallest absolute Gasteiger partial charge is 0.215 e. The molecule has 0 atom stereocenters. The van der Waals surface area contributed by atoms with Crippen LogP contribution in [-0.4, -0.2) is 24.2 Å². The zero-order chi connectivity index (χ0) is 15.1. The standard InChI is InChI=1S/2C6H5BrClNO/c2*1-10-6-3-4(7)2-5(8)9-6/h2*2-3H,1H3. The molecule has 0 aliphatic rings. The van der Waals surface area contributed by atoms with Crippen LogP contribution in [0.1, 0.15) is 0 Å². The average Bonchev–Trinajstić information content (AvgIpc) is 2.37. The van der Waals surface area contributed by atoms with Crippen LogP contribution in [0.3, 0.4) is 0 Å². The molecule has 0 fully saturated rings. The minimum atomic E-state index is 0.422. The number of aromatic nitrogens is 2. The molecule has 0 saturated heterocycles. The fraction of sp³-hybridized carbons (Fsp3) is 0.167. The molecular formula is C12H10Br2Cl2N2O2. The first-order chi connectivity index (χ1) is 9.44.